The Morgan fingerprint density at radius 1 is 1.12 bits per heavy atom. The minimum absolute atomic E-state index is 0.0298. The number of hydrogen-bond acceptors (Lipinski definition) is 5. The van der Waals surface area contributed by atoms with Crippen molar-refractivity contribution < 1.29 is 9.53 Å². The molecule has 0 aliphatic rings. The second-order valence-electron chi connectivity index (χ2n) is 5.17. The molecule has 0 radical (unpaired) electrons. The van der Waals surface area contributed by atoms with Gasteiger partial charge in [0.15, 0.2) is 0 Å². The third-order valence-electron chi connectivity index (χ3n) is 3.29. The molecular formula is C19H18N2O2S2. The molecule has 0 bridgehead atoms. The number of thioether (sulfide) groups is 1. The SMILES string of the molecule is O=C(Cc1cccs1)Nc1cccnc1SCCOc1ccccc1. The maximum atomic E-state index is 12.2. The van der Waals surface area contributed by atoms with Gasteiger partial charge in [0.2, 0.25) is 5.91 Å². The number of pyridine rings is 1. The number of para-hydroxylation sites is 1. The Balaban J connectivity index is 1.51. The molecule has 0 aliphatic heterocycles. The van der Waals surface area contributed by atoms with Gasteiger partial charge < -0.3 is 10.1 Å². The standard InChI is InChI=1S/C19H18N2O2S2/c22-18(14-16-8-5-12-24-16)21-17-9-4-10-20-19(17)25-13-11-23-15-6-2-1-3-7-15/h1-10,12H,11,13-14H2,(H,21,22). The largest absolute Gasteiger partial charge is 0.493 e. The van der Waals surface area contributed by atoms with Crippen molar-refractivity contribution in [3.8, 4) is 5.75 Å². The summed E-state index contributed by atoms with van der Waals surface area (Å²) in [5.41, 5.74) is 0.744. The molecule has 0 aliphatic carbocycles. The number of benzene rings is 1. The Morgan fingerprint density at radius 2 is 2.00 bits per heavy atom. The molecule has 4 nitrogen and oxygen atoms in total. The molecule has 2 aromatic heterocycles. The van der Waals surface area contributed by atoms with Crippen molar-refractivity contribution in [2.75, 3.05) is 17.7 Å². The number of carbonyl (C=O) groups is 1. The summed E-state index contributed by atoms with van der Waals surface area (Å²) in [5.74, 6) is 1.58. The third-order valence-corrected chi connectivity index (χ3v) is 5.14. The predicted molar refractivity (Wildman–Crippen MR) is 104 cm³/mol. The smallest absolute Gasteiger partial charge is 0.229 e. The number of anilines is 1. The van der Waals surface area contributed by atoms with Crippen LogP contribution in [0.4, 0.5) is 5.69 Å². The lowest BCUT2D eigenvalue weighted by atomic mass is 10.3. The van der Waals surface area contributed by atoms with Crippen LogP contribution in [0.15, 0.2) is 71.2 Å². The van der Waals surface area contributed by atoms with E-state index in [9.17, 15) is 4.79 Å². The summed E-state index contributed by atoms with van der Waals surface area (Å²) in [5, 5.41) is 5.73. The van der Waals surface area contributed by atoms with Gasteiger partial charge >= 0.3 is 0 Å². The predicted octanol–water partition coefficient (Wildman–Crippen LogP) is 4.50. The molecule has 2 heterocycles. The summed E-state index contributed by atoms with van der Waals surface area (Å²) >= 11 is 3.15. The lowest BCUT2D eigenvalue weighted by Crippen LogP contribution is -2.14. The number of nitrogens with zero attached hydrogens (tertiary/aromatic N) is 1. The van der Waals surface area contributed by atoms with Gasteiger partial charge in [-0.3, -0.25) is 4.79 Å². The number of hydrogen-bond donors (Lipinski definition) is 1. The van der Waals surface area contributed by atoms with Gasteiger partial charge in [0, 0.05) is 16.8 Å². The number of carbonyl (C=O) groups excluding carboxylic acids is 1. The first-order chi connectivity index (χ1) is 12.3. The third kappa shape index (κ3) is 5.62. The van der Waals surface area contributed by atoms with E-state index in [0.717, 1.165) is 27.1 Å². The van der Waals surface area contributed by atoms with E-state index in [2.05, 4.69) is 10.3 Å². The highest BCUT2D eigenvalue weighted by atomic mass is 32.2. The first kappa shape index (κ1) is 17.5. The average Bonchev–Trinajstić information content (AvgIpc) is 3.14. The molecular weight excluding hydrogens is 352 g/mol. The van der Waals surface area contributed by atoms with Crippen molar-refractivity contribution in [1.29, 1.82) is 0 Å². The first-order valence-electron chi connectivity index (χ1n) is 7.89. The maximum Gasteiger partial charge on any atom is 0.229 e. The van der Waals surface area contributed by atoms with E-state index in [1.165, 1.54) is 0 Å². The van der Waals surface area contributed by atoms with Crippen molar-refractivity contribution >= 4 is 34.7 Å². The van der Waals surface area contributed by atoms with Gasteiger partial charge in [0.1, 0.15) is 10.8 Å². The molecule has 0 spiro atoms. The van der Waals surface area contributed by atoms with E-state index in [4.69, 9.17) is 4.74 Å². The lowest BCUT2D eigenvalue weighted by Gasteiger charge is -2.10. The van der Waals surface area contributed by atoms with Gasteiger partial charge in [0.25, 0.3) is 0 Å². The van der Waals surface area contributed by atoms with Gasteiger partial charge in [0.05, 0.1) is 18.7 Å². The van der Waals surface area contributed by atoms with Gasteiger partial charge in [-0.15, -0.1) is 23.1 Å². The molecule has 0 atom stereocenters. The van der Waals surface area contributed by atoms with E-state index in [0.29, 0.717) is 13.0 Å². The second kappa shape index (κ2) is 9.25. The fraction of sp³-hybridized carbons (Fsp3) is 0.158. The number of ether oxygens (including phenoxy) is 1. The van der Waals surface area contributed by atoms with E-state index in [1.54, 1.807) is 29.3 Å². The Kier molecular flexibility index (Phi) is 6.48. The van der Waals surface area contributed by atoms with Crippen LogP contribution in [0, 0.1) is 0 Å². The number of nitrogens with one attached hydrogen (secondary N) is 1. The number of rotatable bonds is 8. The summed E-state index contributed by atoms with van der Waals surface area (Å²) in [6, 6.07) is 17.3. The van der Waals surface area contributed by atoms with Gasteiger partial charge in [-0.25, -0.2) is 4.98 Å². The zero-order chi connectivity index (χ0) is 17.3. The maximum absolute atomic E-state index is 12.2. The molecule has 0 saturated heterocycles. The highest BCUT2D eigenvalue weighted by Gasteiger charge is 2.09. The molecule has 128 valence electrons. The normalized spacial score (nSPS) is 10.4. The van der Waals surface area contributed by atoms with Crippen LogP contribution in [0.5, 0.6) is 5.75 Å². The summed E-state index contributed by atoms with van der Waals surface area (Å²) in [6.45, 7) is 0.577. The van der Waals surface area contributed by atoms with Gasteiger partial charge in [-0.2, -0.15) is 0 Å². The van der Waals surface area contributed by atoms with Crippen molar-refractivity contribution in [3.63, 3.8) is 0 Å². The molecule has 3 aromatic rings. The van der Waals surface area contributed by atoms with Crippen LogP contribution in [0.1, 0.15) is 4.88 Å². The van der Waals surface area contributed by atoms with Crippen LogP contribution in [0.2, 0.25) is 0 Å². The fourth-order valence-corrected chi connectivity index (χ4v) is 3.65. The average molecular weight is 370 g/mol. The molecule has 1 N–H and O–H groups in total. The molecule has 3 rings (SSSR count). The van der Waals surface area contributed by atoms with E-state index in [1.807, 2.05) is 60.0 Å². The Bertz CT molecular complexity index is 792. The summed E-state index contributed by atoms with van der Waals surface area (Å²) < 4.78 is 5.68. The minimum Gasteiger partial charge on any atom is -0.493 e. The van der Waals surface area contributed by atoms with E-state index >= 15 is 0 Å². The van der Waals surface area contributed by atoms with Crippen LogP contribution in [-0.4, -0.2) is 23.3 Å². The Morgan fingerprint density at radius 3 is 2.80 bits per heavy atom. The van der Waals surface area contributed by atoms with Crippen molar-refractivity contribution in [1.82, 2.24) is 4.98 Å². The number of amides is 1. The van der Waals surface area contributed by atoms with Crippen molar-refractivity contribution in [2.45, 2.75) is 11.4 Å². The second-order valence-corrected chi connectivity index (χ2v) is 7.29. The number of aromatic nitrogens is 1. The fourth-order valence-electron chi connectivity index (χ4n) is 2.18. The molecule has 0 unspecified atom stereocenters. The Labute approximate surface area is 155 Å². The zero-order valence-electron chi connectivity index (χ0n) is 13.6. The van der Waals surface area contributed by atoms with Crippen LogP contribution < -0.4 is 10.1 Å². The molecule has 1 aromatic carbocycles. The lowest BCUT2D eigenvalue weighted by molar-refractivity contribution is -0.115. The van der Waals surface area contributed by atoms with Gasteiger partial charge in [-0.1, -0.05) is 24.3 Å². The highest BCUT2D eigenvalue weighted by molar-refractivity contribution is 7.99. The molecule has 0 saturated carbocycles. The zero-order valence-corrected chi connectivity index (χ0v) is 15.2. The summed E-state index contributed by atoms with van der Waals surface area (Å²) in [6.07, 6.45) is 2.11. The number of thiophene rings is 1. The van der Waals surface area contributed by atoms with Crippen LogP contribution in [0.3, 0.4) is 0 Å². The van der Waals surface area contributed by atoms with Crippen LogP contribution in [-0.2, 0) is 11.2 Å². The molecule has 0 fully saturated rings. The molecule has 25 heavy (non-hydrogen) atoms. The van der Waals surface area contributed by atoms with E-state index in [-0.39, 0.29) is 5.91 Å². The topological polar surface area (TPSA) is 51.2 Å². The van der Waals surface area contributed by atoms with Crippen LogP contribution in [0.25, 0.3) is 0 Å². The van der Waals surface area contributed by atoms with Crippen molar-refractivity contribution in [3.05, 3.63) is 71.1 Å². The monoisotopic (exact) mass is 370 g/mol. The summed E-state index contributed by atoms with van der Waals surface area (Å²) in [7, 11) is 0. The van der Waals surface area contributed by atoms with Crippen LogP contribution >= 0.6 is 23.1 Å². The highest BCUT2D eigenvalue weighted by Crippen LogP contribution is 2.25. The summed E-state index contributed by atoms with van der Waals surface area (Å²) in [4.78, 5) is 17.6. The minimum atomic E-state index is -0.0298. The molecule has 1 amide bonds. The van der Waals surface area contributed by atoms with Crippen molar-refractivity contribution in [2.24, 2.45) is 0 Å². The van der Waals surface area contributed by atoms with Gasteiger partial charge in [-0.05, 0) is 35.7 Å². The molecule has 6 heteroatoms. The first-order valence-corrected chi connectivity index (χ1v) is 9.76. The van der Waals surface area contributed by atoms with E-state index < -0.39 is 0 Å². The Hall–Kier alpha value is -2.31. The quantitative estimate of drug-likeness (QED) is 0.469.